The fraction of sp³-hybridized carbons (Fsp3) is 0.579. The number of rotatable bonds is 2. The Kier molecular flexibility index (Phi) is 3.41. The van der Waals surface area contributed by atoms with E-state index in [0.29, 0.717) is 11.1 Å². The lowest BCUT2D eigenvalue weighted by Crippen LogP contribution is -2.55. The van der Waals surface area contributed by atoms with Gasteiger partial charge in [0.25, 0.3) is 6.29 Å². The van der Waals surface area contributed by atoms with E-state index in [4.69, 9.17) is 14.2 Å². The van der Waals surface area contributed by atoms with Crippen LogP contribution in [0.25, 0.3) is 0 Å². The minimum absolute atomic E-state index is 0.341. The molecule has 6 heteroatoms. The second-order valence-electron chi connectivity index (χ2n) is 7.88. The number of fused-ring (bicyclic) bond motifs is 3. The number of cyclic esters (lactones) is 1. The summed E-state index contributed by atoms with van der Waals surface area (Å²) in [5.74, 6) is -1.27. The molecule has 2 fully saturated rings. The summed E-state index contributed by atoms with van der Waals surface area (Å²) in [6, 6.07) is 0. The van der Waals surface area contributed by atoms with E-state index in [-0.39, 0.29) is 11.3 Å². The zero-order chi connectivity index (χ0) is 18.0. The van der Waals surface area contributed by atoms with Crippen molar-refractivity contribution in [3.8, 4) is 0 Å². The smallest absolute Gasteiger partial charge is 0.338 e. The summed E-state index contributed by atoms with van der Waals surface area (Å²) in [7, 11) is 0. The molecule has 1 saturated heterocycles. The van der Waals surface area contributed by atoms with Crippen molar-refractivity contribution >= 4 is 11.9 Å². The quantitative estimate of drug-likeness (QED) is 0.357. The predicted molar refractivity (Wildman–Crippen MR) is 86.8 cm³/mol. The molecule has 0 unspecified atom stereocenters. The number of carbonyl (C=O) groups is 2. The van der Waals surface area contributed by atoms with Gasteiger partial charge in [-0.2, -0.15) is 0 Å². The Balaban J connectivity index is 1.61. The second-order valence-corrected chi connectivity index (χ2v) is 7.88. The van der Waals surface area contributed by atoms with Crippen molar-refractivity contribution in [2.45, 2.75) is 58.0 Å². The van der Waals surface area contributed by atoms with Crippen LogP contribution < -0.4 is 0 Å². The van der Waals surface area contributed by atoms with Crippen molar-refractivity contribution in [1.29, 1.82) is 0 Å². The van der Waals surface area contributed by atoms with Gasteiger partial charge in [-0.1, -0.05) is 19.9 Å². The van der Waals surface area contributed by atoms with Gasteiger partial charge in [0.05, 0.1) is 17.8 Å². The van der Waals surface area contributed by atoms with Gasteiger partial charge in [0.2, 0.25) is 0 Å². The molecule has 0 aromatic carbocycles. The zero-order valence-electron chi connectivity index (χ0n) is 14.6. The van der Waals surface area contributed by atoms with E-state index in [2.05, 4.69) is 0 Å². The van der Waals surface area contributed by atoms with Crippen molar-refractivity contribution in [3.05, 3.63) is 35.1 Å². The molecule has 1 saturated carbocycles. The van der Waals surface area contributed by atoms with Crippen LogP contribution in [-0.4, -0.2) is 35.0 Å². The first-order chi connectivity index (χ1) is 11.7. The lowest BCUT2D eigenvalue weighted by atomic mass is 9.62. The third-order valence-electron chi connectivity index (χ3n) is 5.98. The van der Waals surface area contributed by atoms with Crippen molar-refractivity contribution in [3.63, 3.8) is 0 Å². The van der Waals surface area contributed by atoms with E-state index in [9.17, 15) is 14.7 Å². The van der Waals surface area contributed by atoms with Crippen LogP contribution in [-0.2, 0) is 23.8 Å². The van der Waals surface area contributed by atoms with Crippen molar-refractivity contribution < 1.29 is 28.9 Å². The van der Waals surface area contributed by atoms with Gasteiger partial charge < -0.3 is 19.3 Å². The molecule has 4 aliphatic rings. The Labute approximate surface area is 146 Å². The minimum Gasteiger partial charge on any atom is -0.458 e. The molecule has 1 N–H and O–H groups in total. The Morgan fingerprint density at radius 1 is 1.24 bits per heavy atom. The van der Waals surface area contributed by atoms with E-state index in [1.165, 1.54) is 6.26 Å². The molecule has 0 radical (unpaired) electrons. The fourth-order valence-electron chi connectivity index (χ4n) is 4.45. The topological polar surface area (TPSA) is 82.1 Å². The van der Waals surface area contributed by atoms with Crippen LogP contribution in [0, 0.1) is 11.3 Å². The summed E-state index contributed by atoms with van der Waals surface area (Å²) in [5, 5.41) is 11.4. The molecule has 2 aliphatic carbocycles. The molecule has 25 heavy (non-hydrogen) atoms. The number of carbonyl (C=O) groups excluding carboxylic acids is 2. The highest BCUT2D eigenvalue weighted by Gasteiger charge is 2.64. The number of hydrogen-bond donors (Lipinski definition) is 1. The van der Waals surface area contributed by atoms with E-state index in [1.54, 1.807) is 13.0 Å². The molecule has 0 amide bonds. The summed E-state index contributed by atoms with van der Waals surface area (Å²) in [6.45, 7) is 5.67. The van der Waals surface area contributed by atoms with Gasteiger partial charge in [0.15, 0.2) is 0 Å². The summed E-state index contributed by atoms with van der Waals surface area (Å²) in [6.07, 6.45) is 6.05. The molecule has 0 aromatic rings. The molecule has 4 atom stereocenters. The maximum Gasteiger partial charge on any atom is 0.338 e. The lowest BCUT2D eigenvalue weighted by molar-refractivity contribution is -0.164. The van der Waals surface area contributed by atoms with Gasteiger partial charge in [0, 0.05) is 17.1 Å². The zero-order valence-corrected chi connectivity index (χ0v) is 14.6. The molecule has 134 valence electrons. The molecule has 2 heterocycles. The van der Waals surface area contributed by atoms with E-state index in [0.717, 1.165) is 24.8 Å². The van der Waals surface area contributed by atoms with E-state index < -0.39 is 29.9 Å². The highest BCUT2D eigenvalue weighted by atomic mass is 16.7. The first kappa shape index (κ1) is 16.4. The number of aliphatic hydroxyl groups is 1. The Morgan fingerprint density at radius 3 is 2.68 bits per heavy atom. The normalized spacial score (nSPS) is 40.2. The van der Waals surface area contributed by atoms with Crippen LogP contribution in [0.5, 0.6) is 0 Å². The number of hydrogen-bond acceptors (Lipinski definition) is 6. The average molecular weight is 346 g/mol. The predicted octanol–water partition coefficient (Wildman–Crippen LogP) is 2.14. The molecular weight excluding hydrogens is 324 g/mol. The largest absolute Gasteiger partial charge is 0.458 e. The lowest BCUT2D eigenvalue weighted by Gasteiger charge is -2.48. The average Bonchev–Trinajstić information content (AvgIpc) is 3.11. The Hall–Kier alpha value is -2.08. The first-order valence-electron chi connectivity index (χ1n) is 8.63. The van der Waals surface area contributed by atoms with Gasteiger partial charge >= 0.3 is 11.9 Å². The van der Waals surface area contributed by atoms with Crippen LogP contribution in [0.3, 0.4) is 0 Å². The Bertz CT molecular complexity index is 743. The van der Waals surface area contributed by atoms with Crippen molar-refractivity contribution in [2.75, 3.05) is 0 Å². The molecule has 2 aliphatic heterocycles. The molecule has 0 spiro atoms. The Morgan fingerprint density at radius 2 is 2.00 bits per heavy atom. The third kappa shape index (κ3) is 2.20. The van der Waals surface area contributed by atoms with E-state index in [1.807, 2.05) is 19.9 Å². The van der Waals surface area contributed by atoms with Crippen LogP contribution >= 0.6 is 0 Å². The van der Waals surface area contributed by atoms with Gasteiger partial charge in [-0.25, -0.2) is 9.59 Å². The number of ether oxygens (including phenoxy) is 3. The minimum atomic E-state index is -1.14. The molecule has 0 aromatic heterocycles. The SMILES string of the molecule is CC1=C[C@@H](O/C=C2/C(=O)O[C@H]3[C@@H]2C=C2CCCC(C)(C)[C@]23O)OC1=O. The molecule has 0 bridgehead atoms. The standard InChI is InChI=1S/C19H22O6/c1-10-7-14(24-16(10)20)23-9-13-12-8-11-5-4-6-18(2,3)19(11,22)15(12)25-17(13)21/h7-9,12,14-15,22H,4-6H2,1-3H3/b13-9+/t12-,14+,15+,19+/m1/s1. The molecule has 6 nitrogen and oxygen atoms in total. The summed E-state index contributed by atoms with van der Waals surface area (Å²) in [5.41, 5.74) is 0.261. The van der Waals surface area contributed by atoms with E-state index >= 15 is 0 Å². The third-order valence-corrected chi connectivity index (χ3v) is 5.98. The highest BCUT2D eigenvalue weighted by Crippen LogP contribution is 2.57. The van der Waals surface area contributed by atoms with Crippen LogP contribution in [0.2, 0.25) is 0 Å². The second kappa shape index (κ2) is 5.21. The van der Waals surface area contributed by atoms with Gasteiger partial charge in [0.1, 0.15) is 11.7 Å². The maximum atomic E-state index is 12.3. The molecular formula is C19H22O6. The fourth-order valence-corrected chi connectivity index (χ4v) is 4.45. The summed E-state index contributed by atoms with van der Waals surface area (Å²) >= 11 is 0. The maximum absolute atomic E-state index is 12.3. The van der Waals surface area contributed by atoms with Crippen molar-refractivity contribution in [1.82, 2.24) is 0 Å². The monoisotopic (exact) mass is 346 g/mol. The molecule has 4 rings (SSSR count). The summed E-state index contributed by atoms with van der Waals surface area (Å²) < 4.78 is 16.0. The van der Waals surface area contributed by atoms with Gasteiger partial charge in [-0.05, 0) is 31.8 Å². The highest BCUT2D eigenvalue weighted by molar-refractivity contribution is 5.93. The first-order valence-corrected chi connectivity index (χ1v) is 8.63. The van der Waals surface area contributed by atoms with Crippen molar-refractivity contribution in [2.24, 2.45) is 11.3 Å². The van der Waals surface area contributed by atoms with Crippen LogP contribution in [0.4, 0.5) is 0 Å². The van der Waals surface area contributed by atoms with Crippen LogP contribution in [0.1, 0.15) is 40.0 Å². The van der Waals surface area contributed by atoms with Crippen LogP contribution in [0.15, 0.2) is 35.1 Å². The van der Waals surface area contributed by atoms with Gasteiger partial charge in [-0.15, -0.1) is 0 Å². The summed E-state index contributed by atoms with van der Waals surface area (Å²) in [4.78, 5) is 23.7. The van der Waals surface area contributed by atoms with Gasteiger partial charge in [-0.3, -0.25) is 0 Å². The number of esters is 2.